The minimum atomic E-state index is -0.629. The summed E-state index contributed by atoms with van der Waals surface area (Å²) in [5, 5.41) is 6.71. The first-order valence-corrected chi connectivity index (χ1v) is 23.1. The summed E-state index contributed by atoms with van der Waals surface area (Å²) in [6, 6.07) is 72.7. The molecule has 1 aromatic heterocycles. The van der Waals surface area contributed by atoms with Crippen LogP contribution in [0.5, 0.6) is 17.2 Å². The summed E-state index contributed by atoms with van der Waals surface area (Å²) in [4.78, 5) is 2.32. The van der Waals surface area contributed by atoms with E-state index in [9.17, 15) is 0 Å². The number of anilines is 3. The van der Waals surface area contributed by atoms with Gasteiger partial charge < -0.3 is 18.8 Å². The molecule has 0 fully saturated rings. The van der Waals surface area contributed by atoms with Crippen molar-refractivity contribution in [1.29, 1.82) is 0 Å². The Morgan fingerprint density at radius 2 is 1.07 bits per heavy atom. The molecule has 4 nitrogen and oxygen atoms in total. The van der Waals surface area contributed by atoms with Crippen molar-refractivity contribution >= 4 is 60.5 Å². The maximum absolute atomic E-state index is 7.22. The number of allylic oxidation sites excluding steroid dienone is 2. The Bertz CT molecular complexity index is 3880. The van der Waals surface area contributed by atoms with Gasteiger partial charge in [-0.2, -0.15) is 0 Å². The summed E-state index contributed by atoms with van der Waals surface area (Å²) in [6.45, 7) is 0. The zero-order chi connectivity index (χ0) is 43.8. The topological polar surface area (TPSA) is 34.8 Å². The summed E-state index contributed by atoms with van der Waals surface area (Å²) in [6.07, 6.45) is 8.58. The van der Waals surface area contributed by atoms with Crippen LogP contribution in [-0.2, 0) is 5.41 Å². The first kappa shape index (κ1) is 36.7. The van der Waals surface area contributed by atoms with E-state index >= 15 is 0 Å². The largest absolute Gasteiger partial charge is 0.483 e. The molecule has 67 heavy (non-hydrogen) atoms. The van der Waals surface area contributed by atoms with Gasteiger partial charge in [0.25, 0.3) is 0 Å². The molecular weight excluding hydrogens is 819 g/mol. The highest BCUT2D eigenvalue weighted by molar-refractivity contribution is 6.10. The second kappa shape index (κ2) is 13.7. The predicted octanol–water partition coefficient (Wildman–Crippen LogP) is 16.5. The van der Waals surface area contributed by atoms with Gasteiger partial charge in [0, 0.05) is 49.8 Å². The molecule has 4 aliphatic rings. The summed E-state index contributed by atoms with van der Waals surface area (Å²) in [7, 11) is 0. The van der Waals surface area contributed by atoms with E-state index in [1.807, 2.05) is 12.1 Å². The van der Waals surface area contributed by atoms with Crippen molar-refractivity contribution in [3.63, 3.8) is 0 Å². The molecule has 15 rings (SSSR count). The molecule has 2 atom stereocenters. The molecule has 0 bridgehead atoms. The van der Waals surface area contributed by atoms with Gasteiger partial charge in [-0.1, -0.05) is 182 Å². The minimum Gasteiger partial charge on any atom is -0.483 e. The van der Waals surface area contributed by atoms with Crippen molar-refractivity contribution in [3.8, 4) is 39.5 Å². The van der Waals surface area contributed by atoms with Crippen LogP contribution in [0.1, 0.15) is 33.7 Å². The van der Waals surface area contributed by atoms with Crippen LogP contribution in [0.3, 0.4) is 0 Å². The monoisotopic (exact) mass is 857 g/mol. The number of rotatable bonds is 4. The van der Waals surface area contributed by atoms with Crippen LogP contribution in [-0.4, -0.2) is 6.10 Å². The maximum atomic E-state index is 7.22. The Labute approximate surface area is 386 Å². The van der Waals surface area contributed by atoms with E-state index in [0.717, 1.165) is 100 Å². The van der Waals surface area contributed by atoms with Crippen molar-refractivity contribution in [2.45, 2.75) is 17.4 Å². The molecule has 3 heterocycles. The molecule has 1 spiro atoms. The highest BCUT2D eigenvalue weighted by atomic mass is 16.5. The van der Waals surface area contributed by atoms with Crippen molar-refractivity contribution in [2.24, 2.45) is 0 Å². The third kappa shape index (κ3) is 5.02. The van der Waals surface area contributed by atoms with Gasteiger partial charge >= 0.3 is 0 Å². The highest BCUT2D eigenvalue weighted by Gasteiger charge is 2.52. The van der Waals surface area contributed by atoms with Crippen LogP contribution < -0.4 is 14.4 Å². The number of fused-ring (bicyclic) bond motifs is 19. The Balaban J connectivity index is 0.928. The lowest BCUT2D eigenvalue weighted by atomic mass is 9.65. The average molecular weight is 858 g/mol. The zero-order valence-corrected chi connectivity index (χ0v) is 36.2. The van der Waals surface area contributed by atoms with Crippen molar-refractivity contribution in [1.82, 2.24) is 0 Å². The Morgan fingerprint density at radius 1 is 0.433 bits per heavy atom. The van der Waals surface area contributed by atoms with Gasteiger partial charge in [-0.05, 0) is 86.6 Å². The summed E-state index contributed by atoms with van der Waals surface area (Å²) < 4.78 is 20.8. The molecular formula is C63H39NO3. The number of furan rings is 1. The molecule has 4 heteroatoms. The van der Waals surface area contributed by atoms with Crippen LogP contribution in [0.15, 0.2) is 229 Å². The van der Waals surface area contributed by atoms with Gasteiger partial charge in [0.1, 0.15) is 28.9 Å². The molecule has 11 aromatic rings. The third-order valence-electron chi connectivity index (χ3n) is 14.9. The lowest BCUT2D eigenvalue weighted by molar-refractivity contribution is 0.269. The van der Waals surface area contributed by atoms with Gasteiger partial charge in [-0.15, -0.1) is 0 Å². The number of hydrogen-bond donors (Lipinski definition) is 0. The average Bonchev–Trinajstić information content (AvgIpc) is 4.06. The fourth-order valence-electron chi connectivity index (χ4n) is 11.9. The molecule has 0 radical (unpaired) electrons. The molecule has 0 saturated heterocycles. The second-order valence-electron chi connectivity index (χ2n) is 18.2. The van der Waals surface area contributed by atoms with Crippen LogP contribution in [0.25, 0.3) is 65.7 Å². The van der Waals surface area contributed by atoms with Crippen LogP contribution in [0, 0.1) is 0 Å². The van der Waals surface area contributed by atoms with Crippen LogP contribution >= 0.6 is 0 Å². The standard InChI is InChI=1S/C63H39NO3/c1-3-15-43-39(13-1)30-35-52-59(43)67-60-44-16-4-2-14-40(44)31-36-53(60)63(52)51-22-8-5-17-45(51)46-34-29-41(37-54(46)63)38-27-32-42(33-28-38)64(55-23-11-20-49-47-18-6-9-25-57(47)65-61(49)55)56-24-12-21-50-48-19-7-10-26-58(48)66-62(50)56/h1-37,47,57H. The lowest BCUT2D eigenvalue weighted by Crippen LogP contribution is -2.32. The minimum absolute atomic E-state index is 0.0475. The smallest absolute Gasteiger partial charge is 0.159 e. The van der Waals surface area contributed by atoms with E-state index < -0.39 is 5.41 Å². The Hall–Kier alpha value is -8.60. The van der Waals surface area contributed by atoms with Crippen molar-refractivity contribution in [3.05, 3.63) is 252 Å². The molecule has 2 aliphatic carbocycles. The zero-order valence-electron chi connectivity index (χ0n) is 36.2. The van der Waals surface area contributed by atoms with Crippen LogP contribution in [0.2, 0.25) is 0 Å². The lowest BCUT2D eigenvalue weighted by Gasteiger charge is -2.40. The summed E-state index contributed by atoms with van der Waals surface area (Å²) in [5.41, 5.74) is 14.8. The SMILES string of the molecule is C1=CC2Oc3c(cccc3N(c3ccc(-c4ccc5c(c4)C4(c6ccccc6-5)c5ccc6ccccc6c5Oc5c4ccc4ccccc54)cc3)c3cccc4c3oc3ccccc34)C2C=C1. The molecule has 2 unspecified atom stereocenters. The van der Waals surface area contributed by atoms with E-state index in [-0.39, 0.29) is 12.0 Å². The van der Waals surface area contributed by atoms with Gasteiger partial charge in [0.05, 0.1) is 16.8 Å². The first-order valence-electron chi connectivity index (χ1n) is 23.1. The number of para-hydroxylation sites is 3. The Kier molecular flexibility index (Phi) is 7.51. The van der Waals surface area contributed by atoms with E-state index in [1.165, 1.54) is 27.8 Å². The normalized spacial score (nSPS) is 16.6. The summed E-state index contributed by atoms with van der Waals surface area (Å²) in [5.74, 6) is 2.89. The van der Waals surface area contributed by atoms with E-state index in [1.54, 1.807) is 0 Å². The fourth-order valence-corrected chi connectivity index (χ4v) is 11.9. The number of benzene rings is 10. The van der Waals surface area contributed by atoms with Gasteiger partial charge in [0.2, 0.25) is 0 Å². The third-order valence-corrected chi connectivity index (χ3v) is 14.9. The van der Waals surface area contributed by atoms with Gasteiger partial charge in [-0.25, -0.2) is 0 Å². The molecule has 0 N–H and O–H groups in total. The maximum Gasteiger partial charge on any atom is 0.159 e. The molecule has 2 aliphatic heterocycles. The quantitative estimate of drug-likeness (QED) is 0.177. The molecule has 0 amide bonds. The highest BCUT2D eigenvalue weighted by Crippen LogP contribution is 2.64. The first-order chi connectivity index (χ1) is 33.2. The van der Waals surface area contributed by atoms with E-state index in [2.05, 4.69) is 217 Å². The van der Waals surface area contributed by atoms with Crippen LogP contribution in [0.4, 0.5) is 17.1 Å². The number of ether oxygens (including phenoxy) is 2. The van der Waals surface area contributed by atoms with Gasteiger partial charge in [-0.3, -0.25) is 0 Å². The predicted molar refractivity (Wildman–Crippen MR) is 272 cm³/mol. The molecule has 314 valence electrons. The number of nitrogens with zero attached hydrogens (tertiary/aromatic N) is 1. The molecule has 10 aromatic carbocycles. The van der Waals surface area contributed by atoms with E-state index in [0.29, 0.717) is 0 Å². The second-order valence-corrected chi connectivity index (χ2v) is 18.2. The van der Waals surface area contributed by atoms with Crippen molar-refractivity contribution in [2.75, 3.05) is 4.90 Å². The molecule has 0 saturated carbocycles. The number of hydrogen-bond acceptors (Lipinski definition) is 4. The summed E-state index contributed by atoms with van der Waals surface area (Å²) >= 11 is 0. The Morgan fingerprint density at radius 3 is 1.88 bits per heavy atom. The fraction of sp³-hybridized carbons (Fsp3) is 0.0476. The van der Waals surface area contributed by atoms with E-state index in [4.69, 9.17) is 13.9 Å². The van der Waals surface area contributed by atoms with Gasteiger partial charge in [0.15, 0.2) is 5.58 Å². The van der Waals surface area contributed by atoms with Crippen molar-refractivity contribution < 1.29 is 13.9 Å².